The van der Waals surface area contributed by atoms with Gasteiger partial charge >= 0.3 is 0 Å². The average molecular weight is 416 g/mol. The lowest BCUT2D eigenvalue weighted by molar-refractivity contribution is 0.0830. The summed E-state index contributed by atoms with van der Waals surface area (Å²) < 4.78 is 17.8. The molecule has 0 fully saturated rings. The lowest BCUT2D eigenvalue weighted by Gasteiger charge is -2.14. The molecule has 0 bridgehead atoms. The van der Waals surface area contributed by atoms with Crippen LogP contribution >= 0.6 is 11.3 Å². The molecule has 0 aliphatic rings. The number of nitrogens with zero attached hydrogens (tertiary/aromatic N) is 2. The first-order valence-corrected chi connectivity index (χ1v) is 9.92. The van der Waals surface area contributed by atoms with Crippen molar-refractivity contribution in [3.8, 4) is 22.8 Å². The molecule has 0 aliphatic carbocycles. The molecule has 0 spiro atoms. The minimum Gasteiger partial charge on any atom is -0.497 e. The number of thiophene rings is 1. The van der Waals surface area contributed by atoms with Crippen LogP contribution in [0.4, 0.5) is 0 Å². The van der Waals surface area contributed by atoms with Gasteiger partial charge in [-0.25, -0.2) is 0 Å². The summed E-state index contributed by atoms with van der Waals surface area (Å²) in [6, 6.07) is 11.3. The van der Waals surface area contributed by atoms with Crippen molar-refractivity contribution in [2.45, 2.75) is 13.0 Å². The first kappa shape index (κ1) is 20.9. The third-order valence-corrected chi connectivity index (χ3v) is 5.70. The summed E-state index contributed by atoms with van der Waals surface area (Å²) >= 11 is 1.66. The molecule has 0 radical (unpaired) electrons. The number of nitrogens with one attached hydrogen (secondary N) is 1. The van der Waals surface area contributed by atoms with Gasteiger partial charge in [-0.1, -0.05) is 0 Å². The van der Waals surface area contributed by atoms with Crippen molar-refractivity contribution in [2.24, 2.45) is 7.05 Å². The lowest BCUT2D eigenvalue weighted by Crippen LogP contribution is -2.30. The Morgan fingerprint density at radius 3 is 2.59 bits per heavy atom. The lowest BCUT2D eigenvalue weighted by atomic mass is 10.1. The number of aromatic nitrogens is 2. The second-order valence-electron chi connectivity index (χ2n) is 6.49. The second kappa shape index (κ2) is 9.11. The van der Waals surface area contributed by atoms with E-state index in [1.54, 1.807) is 50.5 Å². The molecule has 1 amide bonds. The second-order valence-corrected chi connectivity index (χ2v) is 7.81. The van der Waals surface area contributed by atoms with Crippen LogP contribution in [0.25, 0.3) is 11.3 Å². The Labute approximate surface area is 174 Å². The molecule has 8 heteroatoms. The fourth-order valence-corrected chi connectivity index (χ4v) is 3.98. The number of hydrogen-bond donors (Lipinski definition) is 1. The summed E-state index contributed by atoms with van der Waals surface area (Å²) in [4.78, 5) is 15.1. The van der Waals surface area contributed by atoms with Crippen molar-refractivity contribution in [1.29, 1.82) is 0 Å². The van der Waals surface area contributed by atoms with E-state index < -0.39 is 0 Å². The molecule has 3 aromatic rings. The minimum absolute atomic E-state index is 0.191. The zero-order chi connectivity index (χ0) is 21.0. The Morgan fingerprint density at radius 2 is 1.97 bits per heavy atom. The van der Waals surface area contributed by atoms with Gasteiger partial charge in [-0.05, 0) is 43.3 Å². The largest absolute Gasteiger partial charge is 0.497 e. The summed E-state index contributed by atoms with van der Waals surface area (Å²) in [5.41, 5.74) is 1.83. The van der Waals surface area contributed by atoms with Gasteiger partial charge in [-0.2, -0.15) is 5.10 Å². The van der Waals surface area contributed by atoms with Crippen molar-refractivity contribution >= 4 is 17.2 Å². The van der Waals surface area contributed by atoms with Crippen molar-refractivity contribution in [3.63, 3.8) is 0 Å². The van der Waals surface area contributed by atoms with Crippen molar-refractivity contribution < 1.29 is 19.0 Å². The molecule has 0 aliphatic heterocycles. The number of methoxy groups -OCH3 is 3. The molecule has 1 N–H and O–H groups in total. The normalized spacial score (nSPS) is 11.9. The maximum atomic E-state index is 12.8. The van der Waals surface area contributed by atoms with E-state index in [0.717, 1.165) is 10.4 Å². The monoisotopic (exact) mass is 415 g/mol. The molecule has 0 saturated carbocycles. The first-order valence-electron chi connectivity index (χ1n) is 9.10. The van der Waals surface area contributed by atoms with Crippen molar-refractivity contribution in [1.82, 2.24) is 15.1 Å². The molecule has 2 heterocycles. The Morgan fingerprint density at radius 1 is 1.17 bits per heavy atom. The number of carbonyl (C=O) groups is 1. The highest BCUT2D eigenvalue weighted by Gasteiger charge is 2.19. The van der Waals surface area contributed by atoms with Crippen molar-refractivity contribution in [2.75, 3.05) is 27.9 Å². The predicted molar refractivity (Wildman–Crippen MR) is 113 cm³/mol. The van der Waals surface area contributed by atoms with E-state index in [9.17, 15) is 4.79 Å². The highest BCUT2D eigenvalue weighted by molar-refractivity contribution is 7.12. The number of benzene rings is 1. The number of ether oxygens (including phenoxy) is 3. The predicted octanol–water partition coefficient (Wildman–Crippen LogP) is 3.59. The molecule has 29 heavy (non-hydrogen) atoms. The Bertz CT molecular complexity index is 996. The van der Waals surface area contributed by atoms with Crippen molar-refractivity contribution in [3.05, 3.63) is 51.8 Å². The molecule has 1 unspecified atom stereocenters. The fraction of sp³-hybridized carbons (Fsp3) is 0.333. The van der Waals surface area contributed by atoms with Gasteiger partial charge in [0.2, 0.25) is 0 Å². The van der Waals surface area contributed by atoms with Gasteiger partial charge in [0.1, 0.15) is 23.3 Å². The molecule has 1 aromatic carbocycles. The molecule has 7 nitrogen and oxygen atoms in total. The first-order chi connectivity index (χ1) is 14.0. The van der Waals surface area contributed by atoms with Gasteiger partial charge < -0.3 is 19.5 Å². The van der Waals surface area contributed by atoms with E-state index in [-0.39, 0.29) is 12.0 Å². The van der Waals surface area contributed by atoms with Crippen LogP contribution in [0.3, 0.4) is 0 Å². The topological polar surface area (TPSA) is 74.6 Å². The zero-order valence-electron chi connectivity index (χ0n) is 17.2. The standard InChI is InChI=1S/C21H25N3O4S/c1-13-6-9-20(29-13)19(28-5)12-22-21(25)17-11-16(23-24(17)2)15-10-14(26-3)7-8-18(15)27-4/h6-11,19H,12H2,1-5H3,(H,22,25). The fourth-order valence-electron chi connectivity index (χ4n) is 3.03. The van der Waals surface area contributed by atoms with Crippen LogP contribution in [-0.2, 0) is 11.8 Å². The third-order valence-electron chi connectivity index (χ3n) is 4.61. The Kier molecular flexibility index (Phi) is 6.56. The molecule has 2 aromatic heterocycles. The number of aryl methyl sites for hydroxylation is 2. The molecule has 1 atom stereocenters. The summed E-state index contributed by atoms with van der Waals surface area (Å²) in [7, 11) is 6.58. The maximum absolute atomic E-state index is 12.8. The number of amides is 1. The summed E-state index contributed by atoms with van der Waals surface area (Å²) in [5, 5.41) is 7.43. The smallest absolute Gasteiger partial charge is 0.269 e. The van der Waals surface area contributed by atoms with E-state index >= 15 is 0 Å². The third kappa shape index (κ3) is 4.60. The molecule has 154 valence electrons. The number of hydrogen-bond acceptors (Lipinski definition) is 6. The molecular weight excluding hydrogens is 390 g/mol. The van der Waals surface area contributed by atoms with Gasteiger partial charge in [0.15, 0.2) is 0 Å². The van der Waals surface area contributed by atoms with Gasteiger partial charge in [-0.3, -0.25) is 9.48 Å². The van der Waals surface area contributed by atoms with Crippen LogP contribution in [-0.4, -0.2) is 43.6 Å². The van der Waals surface area contributed by atoms with Crippen LogP contribution in [0.5, 0.6) is 11.5 Å². The van der Waals surface area contributed by atoms with E-state index in [0.29, 0.717) is 29.4 Å². The van der Waals surface area contributed by atoms with E-state index in [4.69, 9.17) is 14.2 Å². The van der Waals surface area contributed by atoms with E-state index in [2.05, 4.69) is 10.4 Å². The van der Waals surface area contributed by atoms with Gasteiger partial charge in [-0.15, -0.1) is 11.3 Å². The summed E-state index contributed by atoms with van der Waals surface area (Å²) in [6.45, 7) is 2.42. The van der Waals surface area contributed by atoms with Crippen LogP contribution < -0.4 is 14.8 Å². The molecule has 3 rings (SSSR count). The number of rotatable bonds is 8. The highest BCUT2D eigenvalue weighted by Crippen LogP contribution is 2.33. The van der Waals surface area contributed by atoms with Gasteiger partial charge in [0.05, 0.1) is 19.9 Å². The SMILES string of the molecule is COc1ccc(OC)c(-c2cc(C(=O)NCC(OC)c3ccc(C)s3)n(C)n2)c1. The zero-order valence-corrected chi connectivity index (χ0v) is 18.0. The summed E-state index contributed by atoms with van der Waals surface area (Å²) in [5.74, 6) is 1.12. The average Bonchev–Trinajstić information content (AvgIpc) is 3.33. The number of carbonyl (C=O) groups excluding carboxylic acids is 1. The maximum Gasteiger partial charge on any atom is 0.269 e. The Balaban J connectivity index is 1.78. The van der Waals surface area contributed by atoms with Gasteiger partial charge in [0.25, 0.3) is 5.91 Å². The molecular formula is C21H25N3O4S. The van der Waals surface area contributed by atoms with Crippen LogP contribution in [0.15, 0.2) is 36.4 Å². The summed E-state index contributed by atoms with van der Waals surface area (Å²) in [6.07, 6.45) is -0.191. The van der Waals surface area contributed by atoms with Crippen LogP contribution in [0.1, 0.15) is 26.3 Å². The minimum atomic E-state index is -0.219. The van der Waals surface area contributed by atoms with Crippen LogP contribution in [0.2, 0.25) is 0 Å². The van der Waals surface area contributed by atoms with Gasteiger partial charge in [0, 0.05) is 36.0 Å². The van der Waals surface area contributed by atoms with Crippen LogP contribution in [0, 0.1) is 6.92 Å². The highest BCUT2D eigenvalue weighted by atomic mass is 32.1. The quantitative estimate of drug-likeness (QED) is 0.609. The Hall–Kier alpha value is -2.84. The molecule has 0 saturated heterocycles. The van der Waals surface area contributed by atoms with E-state index in [1.807, 2.05) is 37.3 Å². The van der Waals surface area contributed by atoms with E-state index in [1.165, 1.54) is 4.88 Å².